The minimum absolute atomic E-state index is 0.199. The summed E-state index contributed by atoms with van der Waals surface area (Å²) in [7, 11) is 1.61. The third-order valence-corrected chi connectivity index (χ3v) is 4.54. The second-order valence-electron chi connectivity index (χ2n) is 4.35. The Labute approximate surface area is 135 Å². The smallest absolute Gasteiger partial charge is 0.352 e. The Balaban J connectivity index is 1.69. The first-order chi connectivity index (χ1) is 10.8. The number of hydrogen-bond donors (Lipinski definition) is 0. The van der Waals surface area contributed by atoms with Crippen molar-refractivity contribution in [3.63, 3.8) is 0 Å². The van der Waals surface area contributed by atoms with Gasteiger partial charge in [-0.3, -0.25) is 0 Å². The van der Waals surface area contributed by atoms with Crippen LogP contribution < -0.4 is 4.74 Å². The summed E-state index contributed by atoms with van der Waals surface area (Å²) in [5.41, 5.74) is 1.48. The third-order valence-electron chi connectivity index (χ3n) is 2.96. The van der Waals surface area contributed by atoms with Crippen molar-refractivity contribution in [2.45, 2.75) is 6.61 Å². The van der Waals surface area contributed by atoms with Crippen molar-refractivity contribution in [3.05, 3.63) is 52.2 Å². The zero-order valence-corrected chi connectivity index (χ0v) is 13.3. The normalized spacial score (nSPS) is 10.4. The third kappa shape index (κ3) is 3.15. The van der Waals surface area contributed by atoms with E-state index in [0.717, 1.165) is 27.7 Å². The predicted molar refractivity (Wildman–Crippen MR) is 85.3 cm³/mol. The molecule has 0 radical (unpaired) electrons. The number of aromatic nitrogens is 2. The van der Waals surface area contributed by atoms with Crippen LogP contribution in [0.1, 0.15) is 15.2 Å². The molecule has 0 saturated carbocycles. The summed E-state index contributed by atoms with van der Waals surface area (Å²) >= 11 is 2.56. The van der Waals surface area contributed by atoms with Crippen molar-refractivity contribution in [2.24, 2.45) is 0 Å². The fraction of sp³-hybridized carbons (Fsp3) is 0.133. The zero-order chi connectivity index (χ0) is 15.4. The van der Waals surface area contributed by atoms with Gasteiger partial charge in [0.15, 0.2) is 4.88 Å². The van der Waals surface area contributed by atoms with E-state index in [1.54, 1.807) is 7.11 Å². The van der Waals surface area contributed by atoms with Crippen LogP contribution in [0.4, 0.5) is 0 Å². The van der Waals surface area contributed by atoms with E-state index in [9.17, 15) is 4.79 Å². The number of nitrogens with zero attached hydrogens (tertiary/aromatic N) is 2. The van der Waals surface area contributed by atoms with Crippen LogP contribution in [0, 0.1) is 0 Å². The van der Waals surface area contributed by atoms with E-state index in [1.807, 2.05) is 41.8 Å². The molecule has 5 nitrogen and oxygen atoms in total. The highest BCUT2D eigenvalue weighted by molar-refractivity contribution is 7.14. The summed E-state index contributed by atoms with van der Waals surface area (Å²) in [6, 6.07) is 11.2. The minimum Gasteiger partial charge on any atom is -0.497 e. The van der Waals surface area contributed by atoms with Crippen molar-refractivity contribution in [1.29, 1.82) is 0 Å². The van der Waals surface area contributed by atoms with Gasteiger partial charge >= 0.3 is 5.97 Å². The number of methoxy groups -OCH3 is 1. The average Bonchev–Trinajstić information content (AvgIpc) is 3.23. The average molecular weight is 332 g/mol. The molecular weight excluding hydrogens is 320 g/mol. The first-order valence-electron chi connectivity index (χ1n) is 6.44. The van der Waals surface area contributed by atoms with Gasteiger partial charge in [0.25, 0.3) is 0 Å². The molecule has 3 rings (SSSR count). The van der Waals surface area contributed by atoms with Crippen molar-refractivity contribution in [1.82, 2.24) is 9.59 Å². The minimum atomic E-state index is -0.408. The summed E-state index contributed by atoms with van der Waals surface area (Å²) in [4.78, 5) is 13.5. The number of thiophene rings is 1. The summed E-state index contributed by atoms with van der Waals surface area (Å²) in [5, 5.41) is 5.95. The lowest BCUT2D eigenvalue weighted by molar-refractivity contribution is 0.0479. The van der Waals surface area contributed by atoms with Gasteiger partial charge in [-0.1, -0.05) is 22.7 Å². The Morgan fingerprint density at radius 2 is 2.05 bits per heavy atom. The second-order valence-corrected chi connectivity index (χ2v) is 6.05. The number of esters is 1. The molecule has 0 unspecified atom stereocenters. The largest absolute Gasteiger partial charge is 0.497 e. The Bertz CT molecular complexity index is 751. The van der Waals surface area contributed by atoms with E-state index in [0.29, 0.717) is 10.6 Å². The number of hydrogen-bond acceptors (Lipinski definition) is 7. The standard InChI is InChI=1S/C15H12N2O3S2/c1-19-11-6-4-10(5-7-11)9-20-15(18)14-13(16-17-22-14)12-3-2-8-21-12/h2-8H,9H2,1H3. The SMILES string of the molecule is COc1ccc(COC(=O)c2snnc2-c2cccs2)cc1. The van der Waals surface area contributed by atoms with Crippen molar-refractivity contribution in [3.8, 4) is 16.3 Å². The van der Waals surface area contributed by atoms with Gasteiger partial charge in [-0.2, -0.15) is 0 Å². The van der Waals surface area contributed by atoms with E-state index >= 15 is 0 Å². The lowest BCUT2D eigenvalue weighted by atomic mass is 10.2. The molecular formula is C15H12N2O3S2. The van der Waals surface area contributed by atoms with Gasteiger partial charge in [-0.25, -0.2) is 4.79 Å². The molecule has 0 aliphatic rings. The monoisotopic (exact) mass is 332 g/mol. The lowest BCUT2D eigenvalue weighted by Gasteiger charge is -2.05. The molecule has 1 aromatic carbocycles. The molecule has 7 heteroatoms. The van der Waals surface area contributed by atoms with Crippen LogP contribution in [0.25, 0.3) is 10.6 Å². The maximum atomic E-state index is 12.2. The quantitative estimate of drug-likeness (QED) is 0.668. The Kier molecular flexibility index (Phi) is 4.45. The molecule has 0 bridgehead atoms. The zero-order valence-electron chi connectivity index (χ0n) is 11.7. The van der Waals surface area contributed by atoms with E-state index in [1.165, 1.54) is 11.3 Å². The van der Waals surface area contributed by atoms with Crippen LogP contribution in [0.3, 0.4) is 0 Å². The Morgan fingerprint density at radius 1 is 1.23 bits per heavy atom. The molecule has 3 aromatic rings. The van der Waals surface area contributed by atoms with Crippen molar-refractivity contribution < 1.29 is 14.3 Å². The molecule has 2 heterocycles. The molecule has 0 N–H and O–H groups in total. The van der Waals surface area contributed by atoms with Gasteiger partial charge in [0, 0.05) is 0 Å². The maximum Gasteiger partial charge on any atom is 0.352 e. The molecule has 112 valence electrons. The highest BCUT2D eigenvalue weighted by atomic mass is 32.1. The number of ether oxygens (including phenoxy) is 2. The molecule has 0 spiro atoms. The van der Waals surface area contributed by atoms with Gasteiger partial charge in [0.2, 0.25) is 0 Å². The van der Waals surface area contributed by atoms with Gasteiger partial charge < -0.3 is 9.47 Å². The molecule has 0 fully saturated rings. The molecule has 0 saturated heterocycles. The number of rotatable bonds is 5. The first kappa shape index (κ1) is 14.7. The number of carbonyl (C=O) groups excluding carboxylic acids is 1. The number of carbonyl (C=O) groups is 1. The van der Waals surface area contributed by atoms with Crippen LogP contribution in [-0.4, -0.2) is 22.7 Å². The summed E-state index contributed by atoms with van der Waals surface area (Å²) in [5.74, 6) is 0.357. The van der Waals surface area contributed by atoms with E-state index in [4.69, 9.17) is 9.47 Å². The summed E-state index contributed by atoms with van der Waals surface area (Å²) in [6.45, 7) is 0.199. The fourth-order valence-electron chi connectivity index (χ4n) is 1.84. The van der Waals surface area contributed by atoms with Crippen molar-refractivity contribution >= 4 is 28.8 Å². The molecule has 0 atom stereocenters. The van der Waals surface area contributed by atoms with Gasteiger partial charge in [-0.15, -0.1) is 16.4 Å². The topological polar surface area (TPSA) is 61.3 Å². The predicted octanol–water partition coefficient (Wildman–Crippen LogP) is 3.63. The van der Waals surface area contributed by atoms with Crippen LogP contribution in [-0.2, 0) is 11.3 Å². The highest BCUT2D eigenvalue weighted by Gasteiger charge is 2.19. The molecule has 0 amide bonds. The van der Waals surface area contributed by atoms with Crippen LogP contribution in [0.5, 0.6) is 5.75 Å². The van der Waals surface area contributed by atoms with Gasteiger partial charge in [0.1, 0.15) is 18.1 Å². The van der Waals surface area contributed by atoms with E-state index < -0.39 is 5.97 Å². The summed E-state index contributed by atoms with van der Waals surface area (Å²) in [6.07, 6.45) is 0. The highest BCUT2D eigenvalue weighted by Crippen LogP contribution is 2.28. The Morgan fingerprint density at radius 3 is 2.73 bits per heavy atom. The second kappa shape index (κ2) is 6.67. The lowest BCUT2D eigenvalue weighted by Crippen LogP contribution is -2.04. The molecule has 0 aliphatic carbocycles. The molecule has 2 aromatic heterocycles. The molecule has 0 aliphatic heterocycles. The maximum absolute atomic E-state index is 12.2. The van der Waals surface area contributed by atoms with E-state index in [-0.39, 0.29) is 6.61 Å². The Hall–Kier alpha value is -2.25. The fourth-order valence-corrected chi connectivity index (χ4v) is 3.19. The first-order valence-corrected chi connectivity index (χ1v) is 8.09. The van der Waals surface area contributed by atoms with Gasteiger partial charge in [0.05, 0.1) is 12.0 Å². The van der Waals surface area contributed by atoms with Crippen LogP contribution in [0.15, 0.2) is 41.8 Å². The number of benzene rings is 1. The van der Waals surface area contributed by atoms with Gasteiger partial charge in [-0.05, 0) is 40.7 Å². The van der Waals surface area contributed by atoms with Crippen LogP contribution >= 0.6 is 22.9 Å². The van der Waals surface area contributed by atoms with Crippen LogP contribution in [0.2, 0.25) is 0 Å². The molecule has 22 heavy (non-hydrogen) atoms. The van der Waals surface area contributed by atoms with E-state index in [2.05, 4.69) is 9.59 Å². The van der Waals surface area contributed by atoms with Crippen molar-refractivity contribution in [2.75, 3.05) is 7.11 Å². The summed E-state index contributed by atoms with van der Waals surface area (Å²) < 4.78 is 14.3.